The molecule has 0 aliphatic rings. The molecule has 1 aromatic rings. The number of nitrogens with zero attached hydrogens (tertiary/aromatic N) is 1. The molecule has 1 rings (SSSR count). The van der Waals surface area contributed by atoms with Crippen molar-refractivity contribution in [1.82, 2.24) is 0 Å². The van der Waals surface area contributed by atoms with E-state index >= 15 is 0 Å². The molecule has 0 spiro atoms. The van der Waals surface area contributed by atoms with Crippen molar-refractivity contribution in [3.05, 3.63) is 29.3 Å². The summed E-state index contributed by atoms with van der Waals surface area (Å²) in [5.41, 5.74) is 0. The topological polar surface area (TPSA) is 40.9 Å². The van der Waals surface area contributed by atoms with Gasteiger partial charge in [-0.2, -0.15) is 5.26 Å². The van der Waals surface area contributed by atoms with Gasteiger partial charge >= 0.3 is 0 Å². The van der Waals surface area contributed by atoms with E-state index in [0.29, 0.717) is 16.3 Å². The van der Waals surface area contributed by atoms with Crippen molar-refractivity contribution in [2.24, 2.45) is 0 Å². The van der Waals surface area contributed by atoms with Crippen molar-refractivity contribution in [1.29, 1.82) is 5.26 Å². The molecule has 74 valence electrons. The first kappa shape index (κ1) is 11.2. The van der Waals surface area contributed by atoms with Crippen LogP contribution in [0.25, 0.3) is 0 Å². The van der Waals surface area contributed by atoms with Gasteiger partial charge in [0, 0.05) is 9.92 Å². The van der Waals surface area contributed by atoms with Crippen LogP contribution >= 0.6 is 11.6 Å². The van der Waals surface area contributed by atoms with Crippen LogP contribution < -0.4 is 0 Å². The first-order valence-corrected chi connectivity index (χ1v) is 5.84. The Morgan fingerprint density at radius 3 is 2.50 bits per heavy atom. The molecule has 0 aromatic heterocycles. The molecule has 0 saturated carbocycles. The summed E-state index contributed by atoms with van der Waals surface area (Å²) in [4.78, 5) is 0.655. The second kappa shape index (κ2) is 5.14. The zero-order valence-corrected chi connectivity index (χ0v) is 9.31. The molecule has 2 atom stereocenters. The highest BCUT2D eigenvalue weighted by atomic mass is 35.5. The van der Waals surface area contributed by atoms with Crippen molar-refractivity contribution >= 4 is 22.4 Å². The van der Waals surface area contributed by atoms with Crippen molar-refractivity contribution in [3.63, 3.8) is 0 Å². The lowest BCUT2D eigenvalue weighted by molar-refractivity contribution is 0.676. The molecule has 0 bridgehead atoms. The van der Waals surface area contributed by atoms with E-state index in [2.05, 4.69) is 0 Å². The summed E-state index contributed by atoms with van der Waals surface area (Å²) in [6.07, 6.45) is 0.589. The van der Waals surface area contributed by atoms with Crippen LogP contribution in [0.3, 0.4) is 0 Å². The van der Waals surface area contributed by atoms with Gasteiger partial charge < -0.3 is 0 Å². The third kappa shape index (κ3) is 2.57. The van der Waals surface area contributed by atoms with E-state index in [1.165, 1.54) is 0 Å². The number of benzene rings is 1. The monoisotopic (exact) mass is 227 g/mol. The Hall–Kier alpha value is -0.850. The van der Waals surface area contributed by atoms with Crippen LogP contribution in [0.1, 0.15) is 13.3 Å². The Morgan fingerprint density at radius 1 is 1.50 bits per heavy atom. The largest absolute Gasteiger partial charge is 0.253 e. The summed E-state index contributed by atoms with van der Waals surface area (Å²) in [7, 11) is -1.25. The standard InChI is InChI=1S/C10H10ClNOS/c1-2-9(7-12)14(13)10-5-3-8(11)4-6-10/h3-6,9H,2H2,1H3. The predicted molar refractivity (Wildman–Crippen MR) is 57.6 cm³/mol. The summed E-state index contributed by atoms with van der Waals surface area (Å²) in [6, 6.07) is 8.78. The van der Waals surface area contributed by atoms with Crippen molar-refractivity contribution in [2.75, 3.05) is 0 Å². The number of halogens is 1. The van der Waals surface area contributed by atoms with Gasteiger partial charge in [0.25, 0.3) is 0 Å². The Balaban J connectivity index is 2.90. The van der Waals surface area contributed by atoms with Gasteiger partial charge in [-0.05, 0) is 30.7 Å². The fraction of sp³-hybridized carbons (Fsp3) is 0.300. The molecule has 0 aliphatic carbocycles. The molecule has 0 heterocycles. The van der Waals surface area contributed by atoms with Crippen LogP contribution in [-0.4, -0.2) is 9.46 Å². The normalized spacial score (nSPS) is 14.4. The molecular formula is C10H10ClNOS. The van der Waals surface area contributed by atoms with Gasteiger partial charge in [-0.1, -0.05) is 18.5 Å². The van der Waals surface area contributed by atoms with E-state index in [0.717, 1.165) is 0 Å². The number of rotatable bonds is 3. The van der Waals surface area contributed by atoms with Crippen LogP contribution in [0.15, 0.2) is 29.2 Å². The molecule has 0 N–H and O–H groups in total. The van der Waals surface area contributed by atoms with E-state index in [4.69, 9.17) is 16.9 Å². The maximum absolute atomic E-state index is 11.8. The Morgan fingerprint density at radius 2 is 2.07 bits per heavy atom. The van der Waals surface area contributed by atoms with Gasteiger partial charge in [0.15, 0.2) is 0 Å². The molecule has 1 aromatic carbocycles. The summed E-state index contributed by atoms with van der Waals surface area (Å²) in [5, 5.41) is 8.92. The summed E-state index contributed by atoms with van der Waals surface area (Å²) in [5.74, 6) is 0. The van der Waals surface area contributed by atoms with E-state index in [1.54, 1.807) is 24.3 Å². The number of hydrogen-bond donors (Lipinski definition) is 0. The summed E-state index contributed by atoms with van der Waals surface area (Å²) >= 11 is 5.70. The second-order valence-electron chi connectivity index (χ2n) is 2.78. The Kier molecular flexibility index (Phi) is 4.12. The second-order valence-corrected chi connectivity index (χ2v) is 4.85. The quantitative estimate of drug-likeness (QED) is 0.797. The Bertz CT molecular complexity index is 369. The van der Waals surface area contributed by atoms with Crippen LogP contribution in [0.2, 0.25) is 5.02 Å². The number of nitriles is 1. The lowest BCUT2D eigenvalue weighted by Gasteiger charge is -2.05. The molecule has 0 radical (unpaired) electrons. The first-order valence-electron chi connectivity index (χ1n) is 4.24. The van der Waals surface area contributed by atoms with Crippen molar-refractivity contribution in [3.8, 4) is 6.07 Å². The average Bonchev–Trinajstić information content (AvgIpc) is 2.20. The fourth-order valence-electron chi connectivity index (χ4n) is 1.02. The van der Waals surface area contributed by atoms with E-state index in [-0.39, 0.29) is 0 Å². The van der Waals surface area contributed by atoms with Crippen LogP contribution in [0.5, 0.6) is 0 Å². The third-order valence-corrected chi connectivity index (χ3v) is 3.76. The molecule has 14 heavy (non-hydrogen) atoms. The summed E-state index contributed by atoms with van der Waals surface area (Å²) in [6.45, 7) is 1.85. The molecule has 0 saturated heterocycles. The highest BCUT2D eigenvalue weighted by Gasteiger charge is 2.15. The molecular weight excluding hydrogens is 218 g/mol. The molecule has 0 aliphatic heterocycles. The Labute approximate surface area is 91.0 Å². The summed E-state index contributed by atoms with van der Waals surface area (Å²) < 4.78 is 11.8. The smallest absolute Gasteiger partial charge is 0.126 e. The van der Waals surface area contributed by atoms with E-state index in [1.807, 2.05) is 13.0 Å². The van der Waals surface area contributed by atoms with Crippen LogP contribution in [0, 0.1) is 11.3 Å². The number of hydrogen-bond acceptors (Lipinski definition) is 2. The zero-order valence-electron chi connectivity index (χ0n) is 7.74. The van der Waals surface area contributed by atoms with Gasteiger partial charge in [0.05, 0.1) is 16.9 Å². The van der Waals surface area contributed by atoms with Crippen LogP contribution in [-0.2, 0) is 10.8 Å². The van der Waals surface area contributed by atoms with Gasteiger partial charge in [-0.25, -0.2) is 0 Å². The molecule has 0 amide bonds. The van der Waals surface area contributed by atoms with E-state index in [9.17, 15) is 4.21 Å². The third-order valence-electron chi connectivity index (χ3n) is 1.82. The van der Waals surface area contributed by atoms with E-state index < -0.39 is 16.0 Å². The van der Waals surface area contributed by atoms with Crippen molar-refractivity contribution < 1.29 is 4.21 Å². The van der Waals surface area contributed by atoms with Gasteiger partial charge in [-0.15, -0.1) is 0 Å². The maximum atomic E-state index is 11.8. The SMILES string of the molecule is CCC(C#N)S(=O)c1ccc(Cl)cc1. The molecule has 2 nitrogen and oxygen atoms in total. The minimum atomic E-state index is -1.25. The van der Waals surface area contributed by atoms with Crippen LogP contribution in [0.4, 0.5) is 0 Å². The molecule has 4 heteroatoms. The van der Waals surface area contributed by atoms with Crippen molar-refractivity contribution in [2.45, 2.75) is 23.5 Å². The average molecular weight is 228 g/mol. The maximum Gasteiger partial charge on any atom is 0.126 e. The minimum absolute atomic E-state index is 0.434. The van der Waals surface area contributed by atoms with Gasteiger partial charge in [0.1, 0.15) is 5.25 Å². The fourth-order valence-corrected chi connectivity index (χ4v) is 2.28. The lowest BCUT2D eigenvalue weighted by Crippen LogP contribution is -2.11. The minimum Gasteiger partial charge on any atom is -0.253 e. The van der Waals surface area contributed by atoms with Gasteiger partial charge in [-0.3, -0.25) is 4.21 Å². The first-order chi connectivity index (χ1) is 6.69. The van der Waals surface area contributed by atoms with Gasteiger partial charge in [0.2, 0.25) is 0 Å². The highest BCUT2D eigenvalue weighted by Crippen LogP contribution is 2.16. The molecule has 2 unspecified atom stereocenters. The highest BCUT2D eigenvalue weighted by molar-refractivity contribution is 7.86. The lowest BCUT2D eigenvalue weighted by atomic mass is 10.4. The predicted octanol–water partition coefficient (Wildman–Crippen LogP) is 2.75. The molecule has 0 fully saturated rings. The zero-order chi connectivity index (χ0) is 10.6.